The molecule has 1 unspecified atom stereocenters. The van der Waals surface area contributed by atoms with E-state index < -0.39 is 20.5 Å². The molecule has 30 heavy (non-hydrogen) atoms. The van der Waals surface area contributed by atoms with E-state index in [-0.39, 0.29) is 11.3 Å². The summed E-state index contributed by atoms with van der Waals surface area (Å²) in [6.45, 7) is 8.73. The van der Waals surface area contributed by atoms with E-state index in [1.807, 2.05) is 20.8 Å². The summed E-state index contributed by atoms with van der Waals surface area (Å²) in [6, 6.07) is 12.9. The first kappa shape index (κ1) is 25.5. The predicted molar refractivity (Wildman–Crippen MR) is 118 cm³/mol. The van der Waals surface area contributed by atoms with Crippen LogP contribution in [0.1, 0.15) is 33.3 Å². The molecule has 1 atom stereocenters. The van der Waals surface area contributed by atoms with Gasteiger partial charge in [0.1, 0.15) is 11.5 Å². The molecule has 0 aliphatic carbocycles. The number of benzene rings is 2. The average Bonchev–Trinajstić information content (AvgIpc) is 2.70. The maximum Gasteiger partial charge on any atom is 0.239 e. The maximum absolute atomic E-state index is 13.2. The molecule has 0 bridgehead atoms. The molecule has 0 fully saturated rings. The van der Waals surface area contributed by atoms with Crippen LogP contribution in [0.25, 0.3) is 0 Å². The maximum atomic E-state index is 13.2. The van der Waals surface area contributed by atoms with Crippen LogP contribution in [0.2, 0.25) is 0 Å². The molecule has 0 aliphatic heterocycles. The third-order valence-electron chi connectivity index (χ3n) is 4.34. The lowest BCUT2D eigenvalue weighted by atomic mass is 9.99. The molecule has 0 aromatic heterocycles. The topological polar surface area (TPSA) is 122 Å². The lowest BCUT2D eigenvalue weighted by molar-refractivity contribution is -0.120. The minimum Gasteiger partial charge on any atom is -0.494 e. The second-order valence-corrected chi connectivity index (χ2v) is 9.04. The molecule has 0 saturated heterocycles. The number of carbonyl (C=O) groups excluding carboxylic acids is 1. The Morgan fingerprint density at radius 2 is 1.30 bits per heavy atom. The van der Waals surface area contributed by atoms with E-state index in [0.717, 1.165) is 6.54 Å². The predicted octanol–water partition coefficient (Wildman–Crippen LogP) is 2.71. The molecule has 7 nitrogen and oxygen atoms in total. The summed E-state index contributed by atoms with van der Waals surface area (Å²) in [4.78, 5) is 12.2. The number of hydrogen-bond acceptors (Lipinski definition) is 6. The summed E-state index contributed by atoms with van der Waals surface area (Å²) in [7, 11) is -4.01. The molecule has 2 aromatic rings. The largest absolute Gasteiger partial charge is 0.494 e. The third-order valence-corrected chi connectivity index (χ3v) is 6.76. The Bertz CT molecular complexity index is 896. The van der Waals surface area contributed by atoms with Crippen molar-refractivity contribution in [1.82, 2.24) is 0 Å². The van der Waals surface area contributed by atoms with Gasteiger partial charge < -0.3 is 20.9 Å². The highest BCUT2D eigenvalue weighted by Crippen LogP contribution is 2.31. The lowest BCUT2D eigenvalue weighted by Gasteiger charge is -2.26. The first-order valence-corrected chi connectivity index (χ1v) is 11.3. The molecule has 8 heteroatoms. The van der Waals surface area contributed by atoms with Gasteiger partial charge in [-0.2, -0.15) is 0 Å². The van der Waals surface area contributed by atoms with Crippen LogP contribution < -0.4 is 20.9 Å². The highest BCUT2D eigenvalue weighted by Gasteiger charge is 2.46. The van der Waals surface area contributed by atoms with Crippen LogP contribution in [0.3, 0.4) is 0 Å². The van der Waals surface area contributed by atoms with Crippen LogP contribution in [0, 0.1) is 0 Å². The molecular weight excluding hydrogens is 404 g/mol. The van der Waals surface area contributed by atoms with Gasteiger partial charge in [0.2, 0.25) is 5.91 Å². The van der Waals surface area contributed by atoms with E-state index in [1.54, 1.807) is 36.4 Å². The zero-order valence-electron chi connectivity index (χ0n) is 18.1. The van der Waals surface area contributed by atoms with Crippen molar-refractivity contribution in [3.8, 4) is 11.5 Å². The van der Waals surface area contributed by atoms with Gasteiger partial charge >= 0.3 is 0 Å². The van der Waals surface area contributed by atoms with E-state index in [1.165, 1.54) is 19.1 Å². The van der Waals surface area contributed by atoms with Crippen LogP contribution in [0.4, 0.5) is 0 Å². The molecule has 0 spiro atoms. The Morgan fingerprint density at radius 1 is 0.900 bits per heavy atom. The molecule has 0 saturated carbocycles. The van der Waals surface area contributed by atoms with E-state index in [0.29, 0.717) is 30.3 Å². The van der Waals surface area contributed by atoms with Gasteiger partial charge in [-0.1, -0.05) is 19.1 Å². The van der Waals surface area contributed by atoms with Crippen LogP contribution in [0.15, 0.2) is 53.4 Å². The molecule has 0 radical (unpaired) electrons. The highest BCUT2D eigenvalue weighted by molar-refractivity contribution is 7.93. The molecule has 0 aliphatic rings. The van der Waals surface area contributed by atoms with Crippen molar-refractivity contribution >= 4 is 15.7 Å². The molecular formula is C22H32N2O5S. The van der Waals surface area contributed by atoms with Crippen LogP contribution in [-0.4, -0.2) is 38.8 Å². The van der Waals surface area contributed by atoms with Crippen LogP contribution in [-0.2, 0) is 21.1 Å². The first-order valence-electron chi connectivity index (χ1n) is 9.85. The van der Waals surface area contributed by atoms with E-state index in [2.05, 4.69) is 0 Å². The van der Waals surface area contributed by atoms with Gasteiger partial charge in [-0.3, -0.25) is 4.79 Å². The number of hydrogen-bond donors (Lipinski definition) is 2. The smallest absolute Gasteiger partial charge is 0.239 e. The summed E-state index contributed by atoms with van der Waals surface area (Å²) in [5.41, 5.74) is 11.1. The minimum atomic E-state index is -4.01. The summed E-state index contributed by atoms with van der Waals surface area (Å²) >= 11 is 0. The molecule has 2 aromatic carbocycles. The van der Waals surface area contributed by atoms with Gasteiger partial charge in [-0.05, 0) is 69.3 Å². The van der Waals surface area contributed by atoms with Gasteiger partial charge in [0.05, 0.1) is 18.1 Å². The van der Waals surface area contributed by atoms with E-state index in [4.69, 9.17) is 20.9 Å². The number of ether oxygens (including phenoxy) is 2. The van der Waals surface area contributed by atoms with Crippen molar-refractivity contribution < 1.29 is 22.7 Å². The fraction of sp³-hybridized carbons (Fsp3) is 0.409. The summed E-state index contributed by atoms with van der Waals surface area (Å²) < 4.78 is 35.3. The fourth-order valence-electron chi connectivity index (χ4n) is 2.72. The standard InChI is InChI=1S/C20H25NO5S.C2H7N/c1-4-25-16-8-6-15(7-9-16)14-20(3,19(21)22)27(23,24)18-12-10-17(11-13-18)26-5-2;1-2-3/h6-13H,4-5,14H2,1-3H3,(H2,21,22);2-3H2,1H3. The summed E-state index contributed by atoms with van der Waals surface area (Å²) in [5, 5.41) is 0. The lowest BCUT2D eigenvalue weighted by Crippen LogP contribution is -2.49. The minimum absolute atomic E-state index is 0.0261. The van der Waals surface area contributed by atoms with Gasteiger partial charge in [0.25, 0.3) is 0 Å². The Morgan fingerprint density at radius 3 is 1.67 bits per heavy atom. The van der Waals surface area contributed by atoms with Gasteiger partial charge in [-0.15, -0.1) is 0 Å². The third kappa shape index (κ3) is 6.21. The number of primary amides is 1. The molecule has 0 heterocycles. The number of carbonyl (C=O) groups is 1. The zero-order valence-corrected chi connectivity index (χ0v) is 18.9. The fourth-order valence-corrected chi connectivity index (χ4v) is 4.35. The molecule has 2 rings (SSSR count). The Kier molecular flexibility index (Phi) is 9.81. The Balaban J connectivity index is 0.00000141. The normalized spacial score (nSPS) is 12.8. The second kappa shape index (κ2) is 11.6. The zero-order chi connectivity index (χ0) is 22.8. The molecule has 4 N–H and O–H groups in total. The van der Waals surface area contributed by atoms with E-state index in [9.17, 15) is 13.2 Å². The van der Waals surface area contributed by atoms with Crippen molar-refractivity contribution in [3.05, 3.63) is 54.1 Å². The number of rotatable bonds is 9. The highest BCUT2D eigenvalue weighted by atomic mass is 32.2. The second-order valence-electron chi connectivity index (χ2n) is 6.66. The van der Waals surface area contributed by atoms with Crippen LogP contribution >= 0.6 is 0 Å². The van der Waals surface area contributed by atoms with Gasteiger partial charge in [-0.25, -0.2) is 8.42 Å². The summed E-state index contributed by atoms with van der Waals surface area (Å²) in [6.07, 6.45) is -0.0374. The van der Waals surface area contributed by atoms with Gasteiger partial charge in [0, 0.05) is 6.42 Å². The SMILES string of the molecule is CCN.CCOc1ccc(CC(C)(C(N)=O)S(=O)(=O)c2ccc(OCC)cc2)cc1. The Labute approximate surface area is 179 Å². The average molecular weight is 437 g/mol. The first-order chi connectivity index (χ1) is 14.2. The number of nitrogens with two attached hydrogens (primary N) is 2. The van der Waals surface area contributed by atoms with Crippen LogP contribution in [0.5, 0.6) is 11.5 Å². The quantitative estimate of drug-likeness (QED) is 0.623. The molecule has 166 valence electrons. The Hall–Kier alpha value is -2.58. The van der Waals surface area contributed by atoms with Crippen molar-refractivity contribution in [3.63, 3.8) is 0 Å². The van der Waals surface area contributed by atoms with Crippen molar-refractivity contribution in [1.29, 1.82) is 0 Å². The van der Waals surface area contributed by atoms with Crippen molar-refractivity contribution in [2.45, 2.75) is 43.8 Å². The number of sulfone groups is 1. The monoisotopic (exact) mass is 436 g/mol. The van der Waals surface area contributed by atoms with Crippen molar-refractivity contribution in [2.75, 3.05) is 19.8 Å². The summed E-state index contributed by atoms with van der Waals surface area (Å²) in [5.74, 6) is 0.338. The van der Waals surface area contributed by atoms with E-state index >= 15 is 0 Å². The van der Waals surface area contributed by atoms with Crippen molar-refractivity contribution in [2.24, 2.45) is 11.5 Å². The number of amides is 1. The van der Waals surface area contributed by atoms with Gasteiger partial charge in [0.15, 0.2) is 14.6 Å². The molecule has 1 amide bonds.